The Morgan fingerprint density at radius 3 is 2.57 bits per heavy atom. The van der Waals surface area contributed by atoms with Crippen LogP contribution in [0.3, 0.4) is 0 Å². The number of carbonyl (C=O) groups excluding carboxylic acids is 2. The summed E-state index contributed by atoms with van der Waals surface area (Å²) >= 11 is 0. The highest BCUT2D eigenvalue weighted by Crippen LogP contribution is 2.30. The molecule has 1 aromatic heterocycles. The first-order valence-corrected chi connectivity index (χ1v) is 10.8. The molecular weight excluding hydrogens is 380 g/mol. The van der Waals surface area contributed by atoms with Crippen LogP contribution in [0.4, 0.5) is 5.69 Å². The Morgan fingerprint density at radius 1 is 1.13 bits per heavy atom. The molecule has 1 atom stereocenters. The van der Waals surface area contributed by atoms with E-state index in [0.29, 0.717) is 24.8 Å². The third kappa shape index (κ3) is 4.78. The Balaban J connectivity index is 1.37. The monoisotopic (exact) mass is 408 g/mol. The number of nitrogens with one attached hydrogen (secondary N) is 1. The van der Waals surface area contributed by atoms with Gasteiger partial charge in [-0.1, -0.05) is 25.7 Å². The number of hydrogen-bond acceptors (Lipinski definition) is 5. The molecule has 0 unspecified atom stereocenters. The summed E-state index contributed by atoms with van der Waals surface area (Å²) in [7, 11) is 0. The Labute approximate surface area is 176 Å². The molecule has 2 amide bonds. The van der Waals surface area contributed by atoms with Gasteiger partial charge in [-0.05, 0) is 49.6 Å². The number of rotatable bonds is 5. The van der Waals surface area contributed by atoms with Crippen LogP contribution >= 0.6 is 0 Å². The summed E-state index contributed by atoms with van der Waals surface area (Å²) in [5.41, 5.74) is 1.60. The van der Waals surface area contributed by atoms with E-state index in [1.165, 1.54) is 25.7 Å². The van der Waals surface area contributed by atoms with Crippen molar-refractivity contribution in [1.82, 2.24) is 14.9 Å². The van der Waals surface area contributed by atoms with E-state index in [1.54, 1.807) is 24.5 Å². The minimum Gasteiger partial charge on any atom is -0.424 e. The van der Waals surface area contributed by atoms with Crippen molar-refractivity contribution in [2.45, 2.75) is 57.9 Å². The van der Waals surface area contributed by atoms with Crippen LogP contribution < -0.4 is 10.1 Å². The van der Waals surface area contributed by atoms with Gasteiger partial charge in [-0.2, -0.15) is 0 Å². The summed E-state index contributed by atoms with van der Waals surface area (Å²) in [4.78, 5) is 35.4. The molecule has 1 aliphatic carbocycles. The second-order valence-electron chi connectivity index (χ2n) is 8.19. The first-order valence-electron chi connectivity index (χ1n) is 10.8. The lowest BCUT2D eigenvalue weighted by Crippen LogP contribution is -2.37. The fourth-order valence-electron chi connectivity index (χ4n) is 4.35. The lowest BCUT2D eigenvalue weighted by atomic mass is 10.1. The predicted octanol–water partition coefficient (Wildman–Crippen LogP) is 4.09. The number of anilines is 1. The molecule has 0 bridgehead atoms. The van der Waals surface area contributed by atoms with E-state index in [0.717, 1.165) is 24.1 Å². The zero-order valence-electron chi connectivity index (χ0n) is 17.3. The first-order chi connectivity index (χ1) is 14.6. The van der Waals surface area contributed by atoms with Crippen LogP contribution in [0.2, 0.25) is 0 Å². The van der Waals surface area contributed by atoms with Crippen LogP contribution in [-0.2, 0) is 9.59 Å². The quantitative estimate of drug-likeness (QED) is 0.754. The topological polar surface area (TPSA) is 84.4 Å². The van der Waals surface area contributed by atoms with Crippen LogP contribution in [0.25, 0.3) is 0 Å². The lowest BCUT2D eigenvalue weighted by molar-refractivity contribution is -0.130. The van der Waals surface area contributed by atoms with E-state index in [2.05, 4.69) is 15.3 Å². The molecule has 2 aliphatic rings. The molecular formula is C23H28N4O3. The summed E-state index contributed by atoms with van der Waals surface area (Å²) in [6.45, 7) is 2.44. The summed E-state index contributed by atoms with van der Waals surface area (Å²) in [5, 5.41) is 2.99. The molecule has 2 heterocycles. The summed E-state index contributed by atoms with van der Waals surface area (Å²) in [6, 6.07) is 7.72. The number of hydrogen-bond donors (Lipinski definition) is 1. The number of likely N-dealkylation sites (tertiary alicyclic amines) is 1. The van der Waals surface area contributed by atoms with Gasteiger partial charge in [0.1, 0.15) is 5.75 Å². The molecule has 30 heavy (non-hydrogen) atoms. The van der Waals surface area contributed by atoms with Gasteiger partial charge in [0, 0.05) is 37.1 Å². The van der Waals surface area contributed by atoms with Gasteiger partial charge in [-0.3, -0.25) is 9.59 Å². The predicted molar refractivity (Wildman–Crippen MR) is 113 cm³/mol. The van der Waals surface area contributed by atoms with Gasteiger partial charge in [0.05, 0.1) is 5.92 Å². The molecule has 1 N–H and O–H groups in total. The fraction of sp³-hybridized carbons (Fsp3) is 0.478. The average Bonchev–Trinajstić information content (AvgIpc) is 2.95. The Morgan fingerprint density at radius 2 is 1.87 bits per heavy atom. The number of aryl methyl sites for hydroxylation is 1. The molecule has 2 aromatic rings. The molecule has 1 aromatic carbocycles. The van der Waals surface area contributed by atoms with Gasteiger partial charge in [0.2, 0.25) is 11.8 Å². The van der Waals surface area contributed by atoms with Crippen molar-refractivity contribution < 1.29 is 14.3 Å². The average molecular weight is 409 g/mol. The Bertz CT molecular complexity index is 895. The molecule has 1 saturated carbocycles. The third-order valence-electron chi connectivity index (χ3n) is 6.00. The van der Waals surface area contributed by atoms with Crippen LogP contribution in [-0.4, -0.2) is 39.3 Å². The van der Waals surface area contributed by atoms with Crippen LogP contribution in [0.1, 0.15) is 50.5 Å². The van der Waals surface area contributed by atoms with Crippen molar-refractivity contribution in [3.63, 3.8) is 0 Å². The first kappa shape index (κ1) is 20.3. The molecule has 2 fully saturated rings. The number of nitrogens with zero attached hydrogens (tertiary/aromatic N) is 3. The van der Waals surface area contributed by atoms with Gasteiger partial charge in [0.15, 0.2) is 0 Å². The number of carbonyl (C=O) groups is 2. The zero-order valence-corrected chi connectivity index (χ0v) is 17.3. The van der Waals surface area contributed by atoms with Crippen molar-refractivity contribution in [2.75, 3.05) is 11.9 Å². The molecule has 0 spiro atoms. The van der Waals surface area contributed by atoms with E-state index in [9.17, 15) is 9.59 Å². The van der Waals surface area contributed by atoms with Crippen molar-refractivity contribution in [2.24, 2.45) is 5.92 Å². The number of ether oxygens (including phenoxy) is 1. The standard InChI is InChI=1S/C23H28N4O3/c1-16-13-19(30-23-24-11-6-12-25-23)9-10-20(16)26-22(29)17-14-21(28)27(15-17)18-7-4-2-3-5-8-18/h6,9-13,17-18H,2-5,7-8,14-15H2,1H3,(H,26,29)/t17-/m0/s1. The van der Waals surface area contributed by atoms with E-state index >= 15 is 0 Å². The van der Waals surface area contributed by atoms with Crippen LogP contribution in [0.15, 0.2) is 36.7 Å². The van der Waals surface area contributed by atoms with Gasteiger partial charge in [-0.15, -0.1) is 0 Å². The molecule has 158 valence electrons. The van der Waals surface area contributed by atoms with E-state index in [4.69, 9.17) is 4.74 Å². The molecule has 7 heteroatoms. The minimum atomic E-state index is -0.297. The SMILES string of the molecule is Cc1cc(Oc2ncccn2)ccc1NC(=O)[C@H]1CC(=O)N(C2CCCCCC2)C1. The van der Waals surface area contributed by atoms with E-state index < -0.39 is 0 Å². The minimum absolute atomic E-state index is 0.0948. The third-order valence-corrected chi connectivity index (χ3v) is 6.00. The molecule has 1 aliphatic heterocycles. The maximum atomic E-state index is 12.8. The van der Waals surface area contributed by atoms with Crippen molar-refractivity contribution in [1.29, 1.82) is 0 Å². The van der Waals surface area contributed by atoms with Gasteiger partial charge in [-0.25, -0.2) is 9.97 Å². The molecule has 0 radical (unpaired) electrons. The van der Waals surface area contributed by atoms with Gasteiger partial charge >= 0.3 is 6.01 Å². The maximum Gasteiger partial charge on any atom is 0.321 e. The Kier molecular flexibility index (Phi) is 6.26. The van der Waals surface area contributed by atoms with Gasteiger partial charge < -0.3 is 15.0 Å². The number of amides is 2. The maximum absolute atomic E-state index is 12.8. The summed E-state index contributed by atoms with van der Waals surface area (Å²) in [5.74, 6) is 0.328. The van der Waals surface area contributed by atoms with Crippen LogP contribution in [0.5, 0.6) is 11.8 Å². The highest BCUT2D eigenvalue weighted by molar-refractivity contribution is 5.97. The summed E-state index contributed by atoms with van der Waals surface area (Å²) < 4.78 is 5.64. The van der Waals surface area contributed by atoms with Crippen molar-refractivity contribution >= 4 is 17.5 Å². The van der Waals surface area contributed by atoms with Crippen molar-refractivity contribution in [3.05, 3.63) is 42.2 Å². The van der Waals surface area contributed by atoms with Gasteiger partial charge in [0.25, 0.3) is 0 Å². The molecule has 4 rings (SSSR count). The molecule has 7 nitrogen and oxygen atoms in total. The highest BCUT2D eigenvalue weighted by Gasteiger charge is 2.37. The summed E-state index contributed by atoms with van der Waals surface area (Å²) in [6.07, 6.45) is 10.5. The Hall–Kier alpha value is -2.96. The number of benzene rings is 1. The van der Waals surface area contributed by atoms with Crippen LogP contribution in [0, 0.1) is 12.8 Å². The largest absolute Gasteiger partial charge is 0.424 e. The van der Waals surface area contributed by atoms with E-state index in [1.807, 2.05) is 24.0 Å². The normalized spacial score (nSPS) is 20.1. The lowest BCUT2D eigenvalue weighted by Gasteiger charge is -2.27. The highest BCUT2D eigenvalue weighted by atomic mass is 16.5. The zero-order chi connectivity index (χ0) is 20.9. The van der Waals surface area contributed by atoms with E-state index in [-0.39, 0.29) is 23.7 Å². The second kappa shape index (κ2) is 9.24. The smallest absolute Gasteiger partial charge is 0.321 e. The number of aromatic nitrogens is 2. The fourth-order valence-corrected chi connectivity index (χ4v) is 4.35. The van der Waals surface area contributed by atoms with Crippen molar-refractivity contribution in [3.8, 4) is 11.8 Å². The molecule has 1 saturated heterocycles. The second-order valence-corrected chi connectivity index (χ2v) is 8.19.